The molecule has 1 atom stereocenters. The van der Waals surface area contributed by atoms with Crippen LogP contribution in [-0.4, -0.2) is 37.6 Å². The molecule has 21 heavy (non-hydrogen) atoms. The van der Waals surface area contributed by atoms with E-state index >= 15 is 0 Å². The molecule has 0 radical (unpaired) electrons. The Labute approximate surface area is 126 Å². The first-order valence-corrected chi connectivity index (χ1v) is 7.46. The average Bonchev–Trinajstić information content (AvgIpc) is 2.52. The lowest BCUT2D eigenvalue weighted by atomic mass is 10.1. The van der Waals surface area contributed by atoms with Crippen LogP contribution in [0, 0.1) is 0 Å². The molecule has 0 saturated carbocycles. The maximum Gasteiger partial charge on any atom is 0.260 e. The Morgan fingerprint density at radius 2 is 2.05 bits per heavy atom. The van der Waals surface area contributed by atoms with Crippen molar-refractivity contribution in [2.24, 2.45) is 5.73 Å². The molecule has 0 spiro atoms. The number of piperidine rings is 1. The molecule has 2 rings (SSSR count). The zero-order valence-electron chi connectivity index (χ0n) is 12.8. The quantitative estimate of drug-likeness (QED) is 0.902. The molecule has 0 aromatic heterocycles. The highest BCUT2D eigenvalue weighted by Gasteiger charge is 2.18. The number of methoxy groups -OCH3 is 1. The van der Waals surface area contributed by atoms with Crippen LogP contribution in [0.1, 0.15) is 37.8 Å². The van der Waals surface area contributed by atoms with Gasteiger partial charge >= 0.3 is 0 Å². The second kappa shape index (κ2) is 7.31. The highest BCUT2D eigenvalue weighted by Crippen LogP contribution is 2.28. The van der Waals surface area contributed by atoms with Gasteiger partial charge in [0.05, 0.1) is 7.11 Å². The average molecular weight is 292 g/mol. The van der Waals surface area contributed by atoms with Crippen LogP contribution in [0.2, 0.25) is 0 Å². The van der Waals surface area contributed by atoms with Gasteiger partial charge in [-0.2, -0.15) is 0 Å². The van der Waals surface area contributed by atoms with Gasteiger partial charge in [-0.25, -0.2) is 0 Å². The molecule has 0 unspecified atom stereocenters. The third kappa shape index (κ3) is 4.11. The molecule has 1 aromatic rings. The largest absolute Gasteiger partial charge is 0.497 e. The van der Waals surface area contributed by atoms with Gasteiger partial charge in [0.15, 0.2) is 6.61 Å². The van der Waals surface area contributed by atoms with Gasteiger partial charge in [0.25, 0.3) is 5.91 Å². The molecule has 2 N–H and O–H groups in total. The molecular weight excluding hydrogens is 268 g/mol. The molecule has 1 fully saturated rings. The third-order valence-electron chi connectivity index (χ3n) is 3.77. The van der Waals surface area contributed by atoms with Crippen molar-refractivity contribution in [3.8, 4) is 11.5 Å². The van der Waals surface area contributed by atoms with E-state index in [0.29, 0.717) is 11.5 Å². The Kier molecular flexibility index (Phi) is 5.44. The van der Waals surface area contributed by atoms with Crippen molar-refractivity contribution in [2.75, 3.05) is 26.8 Å². The molecule has 1 aromatic carbocycles. The monoisotopic (exact) mass is 292 g/mol. The van der Waals surface area contributed by atoms with Crippen molar-refractivity contribution in [2.45, 2.75) is 32.2 Å². The number of nitrogens with zero attached hydrogens (tertiary/aromatic N) is 1. The molecule has 1 amide bonds. The summed E-state index contributed by atoms with van der Waals surface area (Å²) in [5.41, 5.74) is 6.82. The minimum atomic E-state index is -0.156. The van der Waals surface area contributed by atoms with Crippen LogP contribution >= 0.6 is 0 Å². The summed E-state index contributed by atoms with van der Waals surface area (Å²) in [6, 6.07) is 5.35. The minimum absolute atomic E-state index is 0.0353. The number of benzene rings is 1. The van der Waals surface area contributed by atoms with Crippen LogP contribution in [-0.2, 0) is 4.79 Å². The van der Waals surface area contributed by atoms with E-state index in [1.807, 2.05) is 24.0 Å². The Morgan fingerprint density at radius 3 is 2.67 bits per heavy atom. The number of carbonyl (C=O) groups excluding carboxylic acids is 1. The Balaban J connectivity index is 2.02. The first-order chi connectivity index (χ1) is 10.1. The van der Waals surface area contributed by atoms with Crippen LogP contribution in [0.3, 0.4) is 0 Å². The van der Waals surface area contributed by atoms with Gasteiger partial charge in [0.2, 0.25) is 0 Å². The first-order valence-electron chi connectivity index (χ1n) is 7.46. The maximum atomic E-state index is 12.1. The molecule has 1 heterocycles. The number of ether oxygens (including phenoxy) is 2. The van der Waals surface area contributed by atoms with Gasteiger partial charge in [-0.15, -0.1) is 0 Å². The fourth-order valence-corrected chi connectivity index (χ4v) is 2.52. The van der Waals surface area contributed by atoms with E-state index in [1.165, 1.54) is 6.42 Å². The summed E-state index contributed by atoms with van der Waals surface area (Å²) in [5, 5.41) is 0. The summed E-state index contributed by atoms with van der Waals surface area (Å²) < 4.78 is 10.9. The van der Waals surface area contributed by atoms with Crippen molar-refractivity contribution >= 4 is 5.91 Å². The van der Waals surface area contributed by atoms with E-state index in [1.54, 1.807) is 13.2 Å². The Morgan fingerprint density at radius 1 is 1.33 bits per heavy atom. The van der Waals surface area contributed by atoms with Crippen molar-refractivity contribution < 1.29 is 14.3 Å². The molecule has 0 aliphatic carbocycles. The molecule has 1 aliphatic heterocycles. The Hall–Kier alpha value is -1.75. The summed E-state index contributed by atoms with van der Waals surface area (Å²) in [7, 11) is 1.60. The standard InChI is InChI=1S/C16H24N2O3/c1-12(17)14-7-6-13(20-2)10-15(14)21-11-16(19)18-8-4-3-5-9-18/h6-7,10,12H,3-5,8-9,11,17H2,1-2H3/t12-/m1/s1. The maximum absolute atomic E-state index is 12.1. The van der Waals surface area contributed by atoms with Crippen LogP contribution < -0.4 is 15.2 Å². The molecule has 1 aliphatic rings. The van der Waals surface area contributed by atoms with Crippen LogP contribution in [0.4, 0.5) is 0 Å². The van der Waals surface area contributed by atoms with Crippen LogP contribution in [0.25, 0.3) is 0 Å². The molecule has 5 heteroatoms. The zero-order valence-corrected chi connectivity index (χ0v) is 12.8. The number of carbonyl (C=O) groups is 1. The number of nitrogens with two attached hydrogens (primary N) is 1. The number of amides is 1. The highest BCUT2D eigenvalue weighted by molar-refractivity contribution is 5.77. The second-order valence-corrected chi connectivity index (χ2v) is 5.42. The summed E-state index contributed by atoms with van der Waals surface area (Å²) in [6.07, 6.45) is 3.36. The summed E-state index contributed by atoms with van der Waals surface area (Å²) in [5.74, 6) is 1.35. The topological polar surface area (TPSA) is 64.8 Å². The van der Waals surface area contributed by atoms with E-state index < -0.39 is 0 Å². The van der Waals surface area contributed by atoms with Gasteiger partial charge in [0, 0.05) is 30.8 Å². The van der Waals surface area contributed by atoms with E-state index in [-0.39, 0.29) is 18.6 Å². The van der Waals surface area contributed by atoms with Crippen LogP contribution in [0.5, 0.6) is 11.5 Å². The number of hydrogen-bond acceptors (Lipinski definition) is 4. The van der Waals surface area contributed by atoms with Crippen molar-refractivity contribution in [1.82, 2.24) is 4.90 Å². The predicted molar refractivity (Wildman–Crippen MR) is 81.5 cm³/mol. The zero-order chi connectivity index (χ0) is 15.2. The summed E-state index contributed by atoms with van der Waals surface area (Å²) >= 11 is 0. The molecular formula is C16H24N2O3. The predicted octanol–water partition coefficient (Wildman–Crippen LogP) is 2.11. The lowest BCUT2D eigenvalue weighted by Crippen LogP contribution is -2.38. The van der Waals surface area contributed by atoms with Gasteiger partial charge in [-0.1, -0.05) is 6.07 Å². The normalized spacial score (nSPS) is 16.4. The van der Waals surface area contributed by atoms with E-state index in [4.69, 9.17) is 15.2 Å². The Bertz CT molecular complexity index is 482. The summed E-state index contributed by atoms with van der Waals surface area (Å²) in [6.45, 7) is 3.61. The fraction of sp³-hybridized carbons (Fsp3) is 0.562. The fourth-order valence-electron chi connectivity index (χ4n) is 2.52. The van der Waals surface area contributed by atoms with Gasteiger partial charge < -0.3 is 20.1 Å². The number of hydrogen-bond donors (Lipinski definition) is 1. The lowest BCUT2D eigenvalue weighted by Gasteiger charge is -2.26. The molecule has 1 saturated heterocycles. The van der Waals surface area contributed by atoms with E-state index in [2.05, 4.69) is 0 Å². The van der Waals surface area contributed by atoms with Crippen LogP contribution in [0.15, 0.2) is 18.2 Å². The van der Waals surface area contributed by atoms with Crippen molar-refractivity contribution in [3.05, 3.63) is 23.8 Å². The van der Waals surface area contributed by atoms with Gasteiger partial charge in [-0.3, -0.25) is 4.79 Å². The number of rotatable bonds is 5. The van der Waals surface area contributed by atoms with Crippen molar-refractivity contribution in [1.29, 1.82) is 0 Å². The molecule has 0 bridgehead atoms. The first kappa shape index (κ1) is 15.6. The summed E-state index contributed by atoms with van der Waals surface area (Å²) in [4.78, 5) is 14.0. The van der Waals surface area contributed by atoms with E-state index in [9.17, 15) is 4.79 Å². The minimum Gasteiger partial charge on any atom is -0.497 e. The second-order valence-electron chi connectivity index (χ2n) is 5.42. The van der Waals surface area contributed by atoms with Gasteiger partial charge in [-0.05, 0) is 32.3 Å². The SMILES string of the molecule is COc1ccc([C@@H](C)N)c(OCC(=O)N2CCCCC2)c1. The lowest BCUT2D eigenvalue weighted by molar-refractivity contribution is -0.134. The van der Waals surface area contributed by atoms with Gasteiger partial charge in [0.1, 0.15) is 11.5 Å². The third-order valence-corrected chi connectivity index (χ3v) is 3.77. The highest BCUT2D eigenvalue weighted by atomic mass is 16.5. The van der Waals surface area contributed by atoms with Crippen molar-refractivity contribution in [3.63, 3.8) is 0 Å². The molecule has 116 valence electrons. The van der Waals surface area contributed by atoms with E-state index in [0.717, 1.165) is 31.5 Å². The molecule has 5 nitrogen and oxygen atoms in total. The smallest absolute Gasteiger partial charge is 0.260 e. The number of likely N-dealkylation sites (tertiary alicyclic amines) is 1.